The Morgan fingerprint density at radius 3 is 2.82 bits per heavy atom. The largest absolute Gasteiger partial charge is 0.478 e. The van der Waals surface area contributed by atoms with Crippen LogP contribution in [0.2, 0.25) is 0 Å². The molecule has 1 amide bonds. The Balaban J connectivity index is 2.34. The quantitative estimate of drug-likeness (QED) is 0.698. The molecule has 1 atom stereocenters. The topological polar surface area (TPSA) is 78.8 Å². The Morgan fingerprint density at radius 2 is 2.29 bits per heavy atom. The van der Waals surface area contributed by atoms with Gasteiger partial charge in [-0.15, -0.1) is 0 Å². The number of carboxylic acids is 1. The minimum absolute atomic E-state index is 0.0772. The summed E-state index contributed by atoms with van der Waals surface area (Å²) in [5.74, 6) is -1.22. The van der Waals surface area contributed by atoms with Gasteiger partial charge in [-0.3, -0.25) is 9.79 Å². The fraction of sp³-hybridized carbons (Fsp3) is 0.273. The van der Waals surface area contributed by atoms with E-state index in [2.05, 4.69) is 10.3 Å². The second-order valence-corrected chi connectivity index (χ2v) is 4.28. The molecule has 0 spiro atoms. The van der Waals surface area contributed by atoms with Crippen molar-refractivity contribution in [1.82, 2.24) is 5.32 Å². The van der Waals surface area contributed by atoms with Crippen molar-refractivity contribution in [1.29, 1.82) is 0 Å². The van der Waals surface area contributed by atoms with Crippen LogP contribution >= 0.6 is 12.2 Å². The standard InChI is InChI=1S/C11H10N2O3S/c1-5-2-3-6(11(15)16)9(17)8(5)10-12-4-7(14)13-10/h2-3,8H,4H2,1H3,(H,15,16)(H,12,13,14). The molecule has 0 saturated carbocycles. The molecule has 2 N–H and O–H groups in total. The first-order valence-electron chi connectivity index (χ1n) is 5.01. The van der Waals surface area contributed by atoms with Crippen LogP contribution < -0.4 is 5.32 Å². The number of amides is 1. The van der Waals surface area contributed by atoms with Crippen LogP contribution in [-0.2, 0) is 9.59 Å². The van der Waals surface area contributed by atoms with Gasteiger partial charge in [0, 0.05) is 4.86 Å². The van der Waals surface area contributed by atoms with E-state index in [0.29, 0.717) is 10.7 Å². The van der Waals surface area contributed by atoms with E-state index < -0.39 is 11.9 Å². The lowest BCUT2D eigenvalue weighted by Gasteiger charge is -2.22. The van der Waals surface area contributed by atoms with Crippen LogP contribution in [0.5, 0.6) is 0 Å². The van der Waals surface area contributed by atoms with Gasteiger partial charge in [0.1, 0.15) is 12.4 Å². The van der Waals surface area contributed by atoms with Crippen molar-refractivity contribution in [3.8, 4) is 0 Å². The molecule has 0 bridgehead atoms. The van der Waals surface area contributed by atoms with E-state index >= 15 is 0 Å². The maximum absolute atomic E-state index is 11.1. The summed E-state index contributed by atoms with van der Waals surface area (Å²) in [5, 5.41) is 11.6. The van der Waals surface area contributed by atoms with E-state index in [-0.39, 0.29) is 18.0 Å². The molecule has 1 aliphatic heterocycles. The van der Waals surface area contributed by atoms with Crippen molar-refractivity contribution in [3.05, 3.63) is 23.3 Å². The van der Waals surface area contributed by atoms with Gasteiger partial charge in [-0.25, -0.2) is 4.79 Å². The summed E-state index contributed by atoms with van der Waals surface area (Å²) in [6, 6.07) is 0. The number of aliphatic imine (C=N–C) groups is 1. The SMILES string of the molecule is CC1=CC=C(C(=O)O)C(=S)C1C1=NCC(=O)N1. The number of amidine groups is 1. The van der Waals surface area contributed by atoms with Crippen molar-refractivity contribution in [2.75, 3.05) is 6.54 Å². The zero-order valence-corrected chi connectivity index (χ0v) is 9.87. The molecule has 2 rings (SSSR count). The minimum atomic E-state index is -1.06. The summed E-state index contributed by atoms with van der Waals surface area (Å²) in [5.41, 5.74) is 0.959. The number of carbonyl (C=O) groups excluding carboxylic acids is 1. The normalized spacial score (nSPS) is 23.8. The molecule has 5 nitrogen and oxygen atoms in total. The number of rotatable bonds is 2. The van der Waals surface area contributed by atoms with Crippen LogP contribution in [0, 0.1) is 5.92 Å². The van der Waals surface area contributed by atoms with Gasteiger partial charge in [-0.05, 0) is 13.0 Å². The average molecular weight is 250 g/mol. The number of carboxylic acid groups (broad SMARTS) is 1. The average Bonchev–Trinajstić information content (AvgIpc) is 2.64. The Labute approximate surface area is 103 Å². The molecule has 88 valence electrons. The monoisotopic (exact) mass is 250 g/mol. The number of hydrogen-bond donors (Lipinski definition) is 2. The molecule has 0 aromatic rings. The molecule has 1 unspecified atom stereocenters. The fourth-order valence-electron chi connectivity index (χ4n) is 1.81. The highest BCUT2D eigenvalue weighted by molar-refractivity contribution is 7.81. The summed E-state index contributed by atoms with van der Waals surface area (Å²) in [6.45, 7) is 1.91. The summed E-state index contributed by atoms with van der Waals surface area (Å²) >= 11 is 5.16. The zero-order chi connectivity index (χ0) is 12.6. The van der Waals surface area contributed by atoms with E-state index in [1.165, 1.54) is 6.08 Å². The molecule has 0 saturated heterocycles. The van der Waals surface area contributed by atoms with Gasteiger partial charge in [0.2, 0.25) is 5.91 Å². The summed E-state index contributed by atoms with van der Waals surface area (Å²) in [6.07, 6.45) is 3.17. The molecule has 0 aromatic heterocycles. The second-order valence-electron chi connectivity index (χ2n) is 3.84. The minimum Gasteiger partial charge on any atom is -0.478 e. The van der Waals surface area contributed by atoms with E-state index in [1.807, 2.05) is 6.92 Å². The fourth-order valence-corrected chi connectivity index (χ4v) is 2.27. The Bertz CT molecular complexity index is 517. The van der Waals surface area contributed by atoms with Crippen molar-refractivity contribution >= 4 is 34.8 Å². The van der Waals surface area contributed by atoms with Crippen LogP contribution in [-0.4, -0.2) is 34.2 Å². The van der Waals surface area contributed by atoms with Crippen LogP contribution in [0.3, 0.4) is 0 Å². The van der Waals surface area contributed by atoms with Crippen molar-refractivity contribution in [2.24, 2.45) is 10.9 Å². The van der Waals surface area contributed by atoms with Crippen LogP contribution in [0.15, 0.2) is 28.3 Å². The number of nitrogens with one attached hydrogen (secondary N) is 1. The number of thiocarbonyl (C=S) groups is 1. The Kier molecular flexibility index (Phi) is 2.89. The highest BCUT2D eigenvalue weighted by Gasteiger charge is 2.32. The van der Waals surface area contributed by atoms with E-state index in [1.54, 1.807) is 6.08 Å². The van der Waals surface area contributed by atoms with Gasteiger partial charge in [-0.1, -0.05) is 23.9 Å². The lowest BCUT2D eigenvalue weighted by molar-refractivity contribution is -0.132. The smallest absolute Gasteiger partial charge is 0.336 e. The number of allylic oxidation sites excluding steroid dienone is 2. The van der Waals surface area contributed by atoms with Gasteiger partial charge >= 0.3 is 5.97 Å². The first-order chi connectivity index (χ1) is 8.00. The molecule has 0 fully saturated rings. The van der Waals surface area contributed by atoms with Crippen LogP contribution in [0.4, 0.5) is 0 Å². The maximum atomic E-state index is 11.1. The predicted octanol–water partition coefficient (Wildman–Crippen LogP) is 0.472. The first-order valence-corrected chi connectivity index (χ1v) is 5.41. The number of hydrogen-bond acceptors (Lipinski definition) is 4. The third kappa shape index (κ3) is 2.03. The van der Waals surface area contributed by atoms with Gasteiger partial charge in [-0.2, -0.15) is 0 Å². The Hall–Kier alpha value is -1.82. The van der Waals surface area contributed by atoms with Crippen molar-refractivity contribution in [3.63, 3.8) is 0 Å². The number of aliphatic carboxylic acids is 1. The lowest BCUT2D eigenvalue weighted by Crippen LogP contribution is -2.37. The van der Waals surface area contributed by atoms with Gasteiger partial charge < -0.3 is 10.4 Å². The first kappa shape index (κ1) is 11.7. The molecular weight excluding hydrogens is 240 g/mol. The van der Waals surface area contributed by atoms with Crippen LogP contribution in [0.1, 0.15) is 6.92 Å². The summed E-state index contributed by atoms with van der Waals surface area (Å²) in [4.78, 5) is 26.4. The van der Waals surface area contributed by atoms with E-state index in [0.717, 1.165) is 5.57 Å². The molecule has 0 radical (unpaired) electrons. The van der Waals surface area contributed by atoms with E-state index in [4.69, 9.17) is 17.3 Å². The molecular formula is C11H10N2O3S. The van der Waals surface area contributed by atoms with Gasteiger partial charge in [0.05, 0.1) is 11.5 Å². The third-order valence-electron chi connectivity index (χ3n) is 2.66. The lowest BCUT2D eigenvalue weighted by atomic mass is 9.86. The predicted molar refractivity (Wildman–Crippen MR) is 66.0 cm³/mol. The molecule has 1 aliphatic carbocycles. The number of nitrogens with zero attached hydrogens (tertiary/aromatic N) is 1. The highest BCUT2D eigenvalue weighted by Crippen LogP contribution is 2.25. The third-order valence-corrected chi connectivity index (χ3v) is 3.12. The molecule has 17 heavy (non-hydrogen) atoms. The summed E-state index contributed by atoms with van der Waals surface area (Å²) in [7, 11) is 0. The van der Waals surface area contributed by atoms with Gasteiger partial charge in [0.25, 0.3) is 0 Å². The Morgan fingerprint density at radius 1 is 1.59 bits per heavy atom. The second kappa shape index (κ2) is 4.21. The molecule has 2 aliphatic rings. The van der Waals surface area contributed by atoms with Crippen molar-refractivity contribution in [2.45, 2.75) is 6.92 Å². The number of carbonyl (C=O) groups is 2. The molecule has 6 heteroatoms. The molecule has 1 heterocycles. The highest BCUT2D eigenvalue weighted by atomic mass is 32.1. The maximum Gasteiger partial charge on any atom is 0.336 e. The van der Waals surface area contributed by atoms with E-state index in [9.17, 15) is 9.59 Å². The summed E-state index contributed by atoms with van der Waals surface area (Å²) < 4.78 is 0. The van der Waals surface area contributed by atoms with Gasteiger partial charge in [0.15, 0.2) is 0 Å². The molecule has 0 aromatic carbocycles. The van der Waals surface area contributed by atoms with Crippen LogP contribution in [0.25, 0.3) is 0 Å². The zero-order valence-electron chi connectivity index (χ0n) is 9.06. The van der Waals surface area contributed by atoms with Crippen molar-refractivity contribution < 1.29 is 14.7 Å².